The van der Waals surface area contributed by atoms with Gasteiger partial charge in [0.25, 0.3) is 0 Å². The molecule has 0 radical (unpaired) electrons. The second-order valence-electron chi connectivity index (χ2n) is 4.66. The summed E-state index contributed by atoms with van der Waals surface area (Å²) in [5.74, 6) is 0. The molecule has 2 fully saturated rings. The van der Waals surface area contributed by atoms with Crippen LogP contribution in [0.4, 0.5) is 9.59 Å². The molecule has 0 saturated carbocycles. The van der Waals surface area contributed by atoms with Gasteiger partial charge in [-0.3, -0.25) is 4.90 Å². The highest BCUT2D eigenvalue weighted by atomic mass is 16.4. The van der Waals surface area contributed by atoms with E-state index in [4.69, 9.17) is 10.2 Å². The van der Waals surface area contributed by atoms with Crippen molar-refractivity contribution in [2.24, 2.45) is 0 Å². The molecular formula is C10H17N3O4. The number of hydrogen-bond donors (Lipinski definition) is 2. The van der Waals surface area contributed by atoms with E-state index in [0.29, 0.717) is 32.7 Å². The molecular weight excluding hydrogens is 226 g/mol. The average Bonchev–Trinajstić information content (AvgIpc) is 2.27. The number of amides is 2. The van der Waals surface area contributed by atoms with Crippen LogP contribution >= 0.6 is 0 Å². The maximum Gasteiger partial charge on any atom is 0.407 e. The lowest BCUT2D eigenvalue weighted by Gasteiger charge is -2.48. The van der Waals surface area contributed by atoms with Crippen LogP contribution in [0.2, 0.25) is 0 Å². The summed E-state index contributed by atoms with van der Waals surface area (Å²) in [6.45, 7) is 4.55. The predicted octanol–water partition coefficient (Wildman–Crippen LogP) is 0.0327. The van der Waals surface area contributed by atoms with Crippen LogP contribution in [0, 0.1) is 0 Å². The van der Waals surface area contributed by atoms with E-state index in [-0.39, 0.29) is 12.1 Å². The monoisotopic (exact) mass is 243 g/mol. The van der Waals surface area contributed by atoms with Crippen molar-refractivity contribution in [2.75, 3.05) is 32.7 Å². The highest BCUT2D eigenvalue weighted by Gasteiger charge is 2.38. The van der Waals surface area contributed by atoms with Crippen LogP contribution in [0.15, 0.2) is 0 Å². The Labute approximate surface area is 99.2 Å². The molecule has 7 heteroatoms. The van der Waals surface area contributed by atoms with Crippen molar-refractivity contribution in [3.63, 3.8) is 0 Å². The van der Waals surface area contributed by atoms with Crippen LogP contribution in [-0.4, -0.2) is 81.9 Å². The molecule has 2 aliphatic heterocycles. The van der Waals surface area contributed by atoms with Crippen molar-refractivity contribution in [3.8, 4) is 0 Å². The number of fused-ring (bicyclic) bond motifs is 1. The third-order valence-corrected chi connectivity index (χ3v) is 3.56. The van der Waals surface area contributed by atoms with E-state index in [9.17, 15) is 9.59 Å². The maximum absolute atomic E-state index is 11.0. The van der Waals surface area contributed by atoms with E-state index < -0.39 is 12.2 Å². The van der Waals surface area contributed by atoms with Gasteiger partial charge in [0.1, 0.15) is 0 Å². The Hall–Kier alpha value is -1.50. The van der Waals surface area contributed by atoms with Crippen LogP contribution < -0.4 is 0 Å². The largest absolute Gasteiger partial charge is 0.465 e. The third-order valence-electron chi connectivity index (χ3n) is 3.56. The zero-order chi connectivity index (χ0) is 12.6. The molecule has 2 saturated heterocycles. The maximum atomic E-state index is 11.0. The van der Waals surface area contributed by atoms with Gasteiger partial charge in [0.05, 0.1) is 0 Å². The minimum atomic E-state index is -0.926. The normalized spacial score (nSPS) is 29.9. The van der Waals surface area contributed by atoms with Gasteiger partial charge in [-0.25, -0.2) is 9.59 Å². The van der Waals surface area contributed by atoms with Gasteiger partial charge >= 0.3 is 12.2 Å². The second-order valence-corrected chi connectivity index (χ2v) is 4.66. The summed E-state index contributed by atoms with van der Waals surface area (Å²) in [5.41, 5.74) is 0. The topological polar surface area (TPSA) is 84.3 Å². The highest BCUT2D eigenvalue weighted by Crippen LogP contribution is 2.19. The third kappa shape index (κ3) is 2.28. The Morgan fingerprint density at radius 1 is 1.06 bits per heavy atom. The Bertz CT molecular complexity index is 336. The van der Waals surface area contributed by atoms with Crippen molar-refractivity contribution in [1.82, 2.24) is 14.7 Å². The van der Waals surface area contributed by atoms with Gasteiger partial charge in [-0.15, -0.1) is 0 Å². The summed E-state index contributed by atoms with van der Waals surface area (Å²) >= 11 is 0. The molecule has 0 aromatic rings. The summed E-state index contributed by atoms with van der Waals surface area (Å²) in [4.78, 5) is 26.9. The second kappa shape index (κ2) is 4.40. The smallest absolute Gasteiger partial charge is 0.407 e. The van der Waals surface area contributed by atoms with Crippen LogP contribution in [0.1, 0.15) is 6.92 Å². The van der Waals surface area contributed by atoms with Crippen LogP contribution in [0.25, 0.3) is 0 Å². The number of rotatable bonds is 0. The van der Waals surface area contributed by atoms with Gasteiger partial charge in [0.2, 0.25) is 0 Å². The first-order valence-corrected chi connectivity index (χ1v) is 5.70. The van der Waals surface area contributed by atoms with Crippen LogP contribution in [-0.2, 0) is 0 Å². The number of carboxylic acid groups (broad SMARTS) is 2. The molecule has 2 amide bonds. The summed E-state index contributed by atoms with van der Waals surface area (Å²) in [6, 6.07) is -0.0349. The van der Waals surface area contributed by atoms with Gasteiger partial charge in [0, 0.05) is 44.8 Å². The molecule has 0 bridgehead atoms. The fourth-order valence-electron chi connectivity index (χ4n) is 2.59. The van der Waals surface area contributed by atoms with Crippen LogP contribution in [0.5, 0.6) is 0 Å². The summed E-state index contributed by atoms with van der Waals surface area (Å²) in [7, 11) is 0. The fraction of sp³-hybridized carbons (Fsp3) is 0.800. The van der Waals surface area contributed by atoms with Crippen molar-refractivity contribution in [2.45, 2.75) is 19.0 Å². The quantitative estimate of drug-likeness (QED) is 0.627. The lowest BCUT2D eigenvalue weighted by Crippen LogP contribution is -2.65. The number of piperazine rings is 2. The first kappa shape index (κ1) is 12.0. The fourth-order valence-corrected chi connectivity index (χ4v) is 2.59. The van der Waals surface area contributed by atoms with E-state index in [2.05, 4.69) is 4.90 Å². The lowest BCUT2D eigenvalue weighted by atomic mass is 10.1. The average molecular weight is 243 g/mol. The number of nitrogens with zero attached hydrogens (tertiary/aromatic N) is 3. The molecule has 0 spiro atoms. The van der Waals surface area contributed by atoms with E-state index in [1.165, 1.54) is 9.80 Å². The van der Waals surface area contributed by atoms with E-state index in [1.54, 1.807) is 0 Å². The lowest BCUT2D eigenvalue weighted by molar-refractivity contribution is -0.00268. The molecule has 0 aliphatic carbocycles. The molecule has 0 aromatic carbocycles. The Balaban J connectivity index is 2.04. The number of hydrogen-bond acceptors (Lipinski definition) is 3. The first-order chi connectivity index (χ1) is 7.99. The van der Waals surface area contributed by atoms with Crippen molar-refractivity contribution < 1.29 is 19.8 Å². The predicted molar refractivity (Wildman–Crippen MR) is 59.2 cm³/mol. The van der Waals surface area contributed by atoms with Crippen molar-refractivity contribution >= 4 is 12.2 Å². The zero-order valence-corrected chi connectivity index (χ0v) is 9.74. The minimum absolute atomic E-state index is 0.00727. The van der Waals surface area contributed by atoms with Crippen molar-refractivity contribution in [1.29, 1.82) is 0 Å². The zero-order valence-electron chi connectivity index (χ0n) is 9.74. The Morgan fingerprint density at radius 3 is 2.35 bits per heavy atom. The van der Waals surface area contributed by atoms with Crippen molar-refractivity contribution in [3.05, 3.63) is 0 Å². The Kier molecular flexibility index (Phi) is 3.10. The van der Waals surface area contributed by atoms with E-state index in [0.717, 1.165) is 0 Å². The highest BCUT2D eigenvalue weighted by molar-refractivity contribution is 5.66. The summed E-state index contributed by atoms with van der Waals surface area (Å²) in [5, 5.41) is 18.0. The summed E-state index contributed by atoms with van der Waals surface area (Å²) in [6.07, 6.45) is -1.85. The van der Waals surface area contributed by atoms with Gasteiger partial charge < -0.3 is 20.0 Å². The molecule has 1 unspecified atom stereocenters. The first-order valence-electron chi connectivity index (χ1n) is 5.70. The minimum Gasteiger partial charge on any atom is -0.465 e. The van der Waals surface area contributed by atoms with Gasteiger partial charge in [0.15, 0.2) is 0 Å². The standard InChI is InChI=1S/C10H17N3O4/c1-7-4-11-2-3-12(9(14)15)5-8(11)6-13(7)10(16)17/h7-8H,2-6H2,1H3,(H,14,15)(H,16,17)/t7-,8?/m1/s1. The molecule has 7 nitrogen and oxygen atoms in total. The molecule has 2 atom stereocenters. The van der Waals surface area contributed by atoms with E-state index >= 15 is 0 Å². The van der Waals surface area contributed by atoms with Crippen LogP contribution in [0.3, 0.4) is 0 Å². The molecule has 2 aliphatic rings. The summed E-state index contributed by atoms with van der Waals surface area (Å²) < 4.78 is 0. The van der Waals surface area contributed by atoms with E-state index in [1.807, 2.05) is 6.92 Å². The Morgan fingerprint density at radius 2 is 1.76 bits per heavy atom. The molecule has 17 heavy (non-hydrogen) atoms. The van der Waals surface area contributed by atoms with Gasteiger partial charge in [-0.05, 0) is 6.92 Å². The number of carbonyl (C=O) groups is 2. The molecule has 2 heterocycles. The SMILES string of the molecule is C[C@@H]1CN2CCN(C(=O)O)CC2CN1C(=O)O. The molecule has 96 valence electrons. The molecule has 2 rings (SSSR count). The molecule has 0 aromatic heterocycles. The van der Waals surface area contributed by atoms with Gasteiger partial charge in [-0.1, -0.05) is 0 Å². The van der Waals surface area contributed by atoms with Gasteiger partial charge in [-0.2, -0.15) is 0 Å². The molecule has 2 N–H and O–H groups in total.